The molecule has 4 rings (SSSR count). The second kappa shape index (κ2) is 6.37. The summed E-state index contributed by atoms with van der Waals surface area (Å²) in [5, 5.41) is 11.3. The minimum atomic E-state index is 0.0760. The van der Waals surface area contributed by atoms with Crippen LogP contribution in [0.25, 0.3) is 10.8 Å². The Bertz CT molecular complexity index is 816. The number of piperidine rings is 1. The number of hydrogen-bond acceptors (Lipinski definition) is 3. The smallest absolute Gasteiger partial charge is 0.167 e. The Kier molecular flexibility index (Phi) is 4.08. The molecule has 2 aromatic carbocycles. The van der Waals surface area contributed by atoms with Crippen LogP contribution in [-0.4, -0.2) is 29.8 Å². The molecule has 0 bridgehead atoms. The maximum atomic E-state index is 13.0. The first-order valence-corrected chi connectivity index (χ1v) is 8.97. The van der Waals surface area contributed by atoms with Crippen molar-refractivity contribution >= 4 is 16.6 Å². The van der Waals surface area contributed by atoms with Crippen LogP contribution in [0.3, 0.4) is 0 Å². The Hall–Kier alpha value is -2.18. The summed E-state index contributed by atoms with van der Waals surface area (Å²) in [6, 6.07) is 14.5. The van der Waals surface area contributed by atoms with Crippen molar-refractivity contribution in [3.63, 3.8) is 0 Å². The molecule has 1 aliphatic carbocycles. The van der Waals surface area contributed by atoms with E-state index in [0.29, 0.717) is 17.2 Å². The number of carbonyl (C=O) groups is 1. The summed E-state index contributed by atoms with van der Waals surface area (Å²) in [7, 11) is 0. The van der Waals surface area contributed by atoms with Crippen LogP contribution in [0.2, 0.25) is 0 Å². The van der Waals surface area contributed by atoms with Crippen LogP contribution in [0.15, 0.2) is 36.4 Å². The summed E-state index contributed by atoms with van der Waals surface area (Å²) in [4.78, 5) is 15.6. The molecule has 2 aromatic rings. The predicted molar refractivity (Wildman–Crippen MR) is 94.9 cm³/mol. The molecule has 2 fully saturated rings. The number of fused-ring (bicyclic) bond motifs is 1. The topological polar surface area (TPSA) is 44.1 Å². The van der Waals surface area contributed by atoms with E-state index in [0.717, 1.165) is 36.7 Å². The third-order valence-electron chi connectivity index (χ3n) is 5.68. The molecule has 3 heteroatoms. The molecule has 0 N–H and O–H groups in total. The highest BCUT2D eigenvalue weighted by molar-refractivity contribution is 6.03. The molecule has 1 saturated heterocycles. The van der Waals surface area contributed by atoms with Crippen LogP contribution in [0.5, 0.6) is 0 Å². The van der Waals surface area contributed by atoms with E-state index in [1.165, 1.54) is 19.3 Å². The average Bonchev–Trinajstić information content (AvgIpc) is 2.59. The largest absolute Gasteiger partial charge is 0.300 e. The van der Waals surface area contributed by atoms with E-state index >= 15 is 0 Å². The van der Waals surface area contributed by atoms with Gasteiger partial charge in [-0.25, -0.2) is 0 Å². The molecular formula is C21H22N2O. The zero-order valence-corrected chi connectivity index (χ0v) is 13.9. The molecule has 0 radical (unpaired) electrons. The predicted octanol–water partition coefficient (Wildman–Crippen LogP) is 4.16. The van der Waals surface area contributed by atoms with Crippen LogP contribution in [-0.2, 0) is 0 Å². The minimum Gasteiger partial charge on any atom is -0.300 e. The number of rotatable bonds is 3. The van der Waals surface area contributed by atoms with E-state index < -0.39 is 0 Å². The highest BCUT2D eigenvalue weighted by Gasteiger charge is 2.32. The van der Waals surface area contributed by atoms with E-state index in [1.54, 1.807) is 6.07 Å². The molecule has 0 aromatic heterocycles. The number of carbonyl (C=O) groups excluding carboxylic acids is 1. The molecule has 0 amide bonds. The van der Waals surface area contributed by atoms with Gasteiger partial charge in [-0.15, -0.1) is 0 Å². The fourth-order valence-corrected chi connectivity index (χ4v) is 4.08. The summed E-state index contributed by atoms with van der Waals surface area (Å²) in [6.45, 7) is 2.02. The lowest BCUT2D eigenvalue weighted by Crippen LogP contribution is -2.47. The second-order valence-corrected chi connectivity index (χ2v) is 7.14. The number of Topliss-reactive ketones (excluding diaryl/α,β-unsaturated/α-hetero) is 1. The van der Waals surface area contributed by atoms with E-state index in [1.807, 2.05) is 30.3 Å². The van der Waals surface area contributed by atoms with Gasteiger partial charge in [0.25, 0.3) is 0 Å². The highest BCUT2D eigenvalue weighted by atomic mass is 16.1. The molecule has 1 atom stereocenters. The zero-order chi connectivity index (χ0) is 16.5. The first-order chi connectivity index (χ1) is 11.8. The SMILES string of the molecule is N#Cc1cc(C(=O)C2CCCN(C3CCC3)C2)cc2ccccc12. The maximum absolute atomic E-state index is 13.0. The lowest BCUT2D eigenvalue weighted by atomic mass is 9.84. The molecule has 1 unspecified atom stereocenters. The monoisotopic (exact) mass is 318 g/mol. The second-order valence-electron chi connectivity index (χ2n) is 7.14. The van der Waals surface area contributed by atoms with Gasteiger partial charge in [0.1, 0.15) is 0 Å². The van der Waals surface area contributed by atoms with Crippen molar-refractivity contribution in [1.29, 1.82) is 5.26 Å². The van der Waals surface area contributed by atoms with Gasteiger partial charge in [0.2, 0.25) is 0 Å². The summed E-state index contributed by atoms with van der Waals surface area (Å²) >= 11 is 0. The molecule has 1 heterocycles. The average molecular weight is 318 g/mol. The summed E-state index contributed by atoms with van der Waals surface area (Å²) in [5.41, 5.74) is 1.30. The van der Waals surface area contributed by atoms with Gasteiger partial charge in [-0.3, -0.25) is 9.69 Å². The van der Waals surface area contributed by atoms with Gasteiger partial charge < -0.3 is 0 Å². The van der Waals surface area contributed by atoms with Crippen LogP contribution >= 0.6 is 0 Å². The standard InChI is InChI=1S/C21H22N2O/c22-13-18-12-17(11-15-5-1-2-9-20(15)18)21(24)16-6-4-10-23(14-16)19-7-3-8-19/h1-2,5,9,11-12,16,19H,3-4,6-8,10,14H2. The van der Waals surface area contributed by atoms with Crippen LogP contribution in [0.4, 0.5) is 0 Å². The lowest BCUT2D eigenvalue weighted by Gasteiger charge is -2.42. The molecule has 3 nitrogen and oxygen atoms in total. The van der Waals surface area contributed by atoms with Gasteiger partial charge >= 0.3 is 0 Å². The van der Waals surface area contributed by atoms with Crippen LogP contribution < -0.4 is 0 Å². The van der Waals surface area contributed by atoms with E-state index in [9.17, 15) is 10.1 Å². The first kappa shape index (κ1) is 15.4. The van der Waals surface area contributed by atoms with Crippen molar-refractivity contribution in [2.45, 2.75) is 38.1 Å². The Labute approximate surface area is 142 Å². The number of ketones is 1. The van der Waals surface area contributed by atoms with Crippen molar-refractivity contribution in [3.05, 3.63) is 47.5 Å². The van der Waals surface area contributed by atoms with Crippen molar-refractivity contribution in [1.82, 2.24) is 4.90 Å². The highest BCUT2D eigenvalue weighted by Crippen LogP contribution is 2.31. The number of hydrogen-bond donors (Lipinski definition) is 0. The molecular weight excluding hydrogens is 296 g/mol. The van der Waals surface area contributed by atoms with Crippen molar-refractivity contribution < 1.29 is 4.79 Å². The third kappa shape index (κ3) is 2.72. The Morgan fingerprint density at radius 2 is 1.96 bits per heavy atom. The van der Waals surface area contributed by atoms with Gasteiger partial charge in [-0.1, -0.05) is 30.7 Å². The molecule has 1 aliphatic heterocycles. The molecule has 24 heavy (non-hydrogen) atoms. The molecule has 2 aliphatic rings. The van der Waals surface area contributed by atoms with Crippen molar-refractivity contribution in [2.75, 3.05) is 13.1 Å². The van der Waals surface area contributed by atoms with Crippen molar-refractivity contribution in [3.8, 4) is 6.07 Å². The number of nitrogens with zero attached hydrogens (tertiary/aromatic N) is 2. The van der Waals surface area contributed by atoms with Gasteiger partial charge in [0.05, 0.1) is 11.6 Å². The third-order valence-corrected chi connectivity index (χ3v) is 5.68. The molecule has 122 valence electrons. The Balaban J connectivity index is 1.62. The number of benzene rings is 2. The van der Waals surface area contributed by atoms with Gasteiger partial charge in [0.15, 0.2) is 5.78 Å². The quantitative estimate of drug-likeness (QED) is 0.798. The number of nitriles is 1. The lowest BCUT2D eigenvalue weighted by molar-refractivity contribution is 0.0612. The fourth-order valence-electron chi connectivity index (χ4n) is 4.08. The summed E-state index contributed by atoms with van der Waals surface area (Å²) in [6.07, 6.45) is 5.98. The molecule has 0 spiro atoms. The maximum Gasteiger partial charge on any atom is 0.167 e. The normalized spacial score (nSPS) is 22.0. The molecule has 1 saturated carbocycles. The zero-order valence-electron chi connectivity index (χ0n) is 13.9. The number of likely N-dealkylation sites (tertiary alicyclic amines) is 1. The van der Waals surface area contributed by atoms with E-state index in [2.05, 4.69) is 11.0 Å². The Morgan fingerprint density at radius 1 is 1.12 bits per heavy atom. The van der Waals surface area contributed by atoms with Crippen molar-refractivity contribution in [2.24, 2.45) is 5.92 Å². The van der Waals surface area contributed by atoms with Crippen LogP contribution in [0, 0.1) is 17.2 Å². The van der Waals surface area contributed by atoms with Gasteiger partial charge in [-0.05, 0) is 55.1 Å². The first-order valence-electron chi connectivity index (χ1n) is 8.97. The van der Waals surface area contributed by atoms with E-state index in [4.69, 9.17) is 0 Å². The summed E-state index contributed by atoms with van der Waals surface area (Å²) < 4.78 is 0. The minimum absolute atomic E-state index is 0.0760. The Morgan fingerprint density at radius 3 is 2.71 bits per heavy atom. The van der Waals surface area contributed by atoms with E-state index in [-0.39, 0.29) is 11.7 Å². The summed E-state index contributed by atoms with van der Waals surface area (Å²) in [5.74, 6) is 0.285. The fraction of sp³-hybridized carbons (Fsp3) is 0.429. The van der Waals surface area contributed by atoms with Gasteiger partial charge in [-0.2, -0.15) is 5.26 Å². The van der Waals surface area contributed by atoms with Crippen LogP contribution in [0.1, 0.15) is 48.0 Å². The van der Waals surface area contributed by atoms with Gasteiger partial charge in [0, 0.05) is 24.1 Å².